The van der Waals surface area contributed by atoms with Crippen LogP contribution >= 0.6 is 0 Å². The van der Waals surface area contributed by atoms with Crippen molar-refractivity contribution in [3.05, 3.63) is 95.6 Å². The van der Waals surface area contributed by atoms with Crippen LogP contribution in [-0.2, 0) is 31.4 Å². The molecule has 3 aromatic carbocycles. The Bertz CT molecular complexity index is 1230. The van der Waals surface area contributed by atoms with Crippen molar-refractivity contribution in [1.82, 2.24) is 5.32 Å². The minimum absolute atomic E-state index is 0.0666. The van der Waals surface area contributed by atoms with E-state index in [1.807, 2.05) is 44.2 Å². The lowest BCUT2D eigenvalue weighted by molar-refractivity contribution is 0.135. The van der Waals surface area contributed by atoms with E-state index in [2.05, 4.69) is 5.32 Å². The average molecular weight is 583 g/mol. The van der Waals surface area contributed by atoms with Crippen LogP contribution in [-0.4, -0.2) is 70.0 Å². The second kappa shape index (κ2) is 17.1. The van der Waals surface area contributed by atoms with Crippen molar-refractivity contribution in [2.75, 3.05) is 26.8 Å². The zero-order chi connectivity index (χ0) is 29.5. The summed E-state index contributed by atoms with van der Waals surface area (Å²) in [5, 5.41) is 12.9. The summed E-state index contributed by atoms with van der Waals surface area (Å²) in [5.74, 6) is 0. The summed E-state index contributed by atoms with van der Waals surface area (Å²) in [4.78, 5) is -0.133. The quantitative estimate of drug-likeness (QED) is 0.176. The van der Waals surface area contributed by atoms with Crippen molar-refractivity contribution in [3.63, 3.8) is 0 Å². The van der Waals surface area contributed by atoms with Crippen molar-refractivity contribution in [2.45, 2.75) is 42.2 Å². The molecule has 12 heteroatoms. The number of rotatable bonds is 10. The van der Waals surface area contributed by atoms with Crippen LogP contribution in [0.5, 0.6) is 0 Å². The molecule has 0 bridgehead atoms. The Morgan fingerprint density at radius 3 is 1.62 bits per heavy atom. The number of nitrogens with one attached hydrogen (secondary N) is 1. The Morgan fingerprint density at radius 1 is 0.795 bits per heavy atom. The number of hydrogen-bond acceptors (Lipinski definition) is 8. The van der Waals surface area contributed by atoms with Crippen molar-refractivity contribution >= 4 is 20.2 Å². The molecule has 0 aliphatic rings. The minimum atomic E-state index is -4.02. The molecule has 10 nitrogen and oxygen atoms in total. The van der Waals surface area contributed by atoms with E-state index in [4.69, 9.17) is 19.6 Å². The van der Waals surface area contributed by atoms with E-state index in [9.17, 15) is 21.9 Å². The Hall–Kier alpha value is -2.68. The van der Waals surface area contributed by atoms with Crippen LogP contribution in [0.25, 0.3) is 0 Å². The highest BCUT2D eigenvalue weighted by atomic mass is 32.2. The second-order valence-corrected chi connectivity index (χ2v) is 11.5. The zero-order valence-electron chi connectivity index (χ0n) is 22.3. The van der Waals surface area contributed by atoms with E-state index < -0.39 is 26.3 Å². The Morgan fingerprint density at radius 2 is 1.23 bits per heavy atom. The summed E-state index contributed by atoms with van der Waals surface area (Å²) in [6.07, 6.45) is 0.153. The summed E-state index contributed by atoms with van der Waals surface area (Å²) < 4.78 is 64.0. The van der Waals surface area contributed by atoms with Gasteiger partial charge in [-0.2, -0.15) is 16.8 Å². The largest absolute Gasteiger partial charge is 0.390 e. The molecule has 0 aromatic heterocycles. The molecule has 0 amide bonds. The number of benzene rings is 3. The molecule has 3 aromatic rings. The van der Waals surface area contributed by atoms with Crippen LogP contribution in [0, 0.1) is 13.8 Å². The maximum Gasteiger partial charge on any atom is 0.294 e. The highest BCUT2D eigenvalue weighted by Crippen LogP contribution is 2.09. The third-order valence-electron chi connectivity index (χ3n) is 5.28. The average Bonchev–Trinajstić information content (AvgIpc) is 2.87. The first kappa shape index (κ1) is 34.3. The predicted octanol–water partition coefficient (Wildman–Crippen LogP) is 2.64. The minimum Gasteiger partial charge on any atom is -0.390 e. The van der Waals surface area contributed by atoms with Crippen LogP contribution < -0.4 is 11.1 Å². The fourth-order valence-electron chi connectivity index (χ4n) is 3.02. The van der Waals surface area contributed by atoms with Crippen molar-refractivity contribution in [3.8, 4) is 0 Å². The highest BCUT2D eigenvalue weighted by molar-refractivity contribution is 7.86. The number of aryl methyl sites for hydroxylation is 2. The summed E-state index contributed by atoms with van der Waals surface area (Å²) in [5.41, 5.74) is 9.00. The van der Waals surface area contributed by atoms with E-state index >= 15 is 0 Å². The van der Waals surface area contributed by atoms with Crippen LogP contribution in [0.15, 0.2) is 88.7 Å². The fraction of sp³-hybridized carbons (Fsp3) is 0.333. The monoisotopic (exact) mass is 582 g/mol. The predicted molar refractivity (Wildman–Crippen MR) is 151 cm³/mol. The van der Waals surface area contributed by atoms with Crippen molar-refractivity contribution in [2.24, 2.45) is 5.73 Å². The van der Waals surface area contributed by atoms with Gasteiger partial charge < -0.3 is 20.9 Å². The van der Waals surface area contributed by atoms with Gasteiger partial charge in [0, 0.05) is 26.2 Å². The maximum atomic E-state index is 10.5. The van der Waals surface area contributed by atoms with Crippen LogP contribution in [0.4, 0.5) is 0 Å². The van der Waals surface area contributed by atoms with Gasteiger partial charge in [-0.25, -0.2) is 0 Å². The molecule has 216 valence electrons. The molecule has 0 radical (unpaired) electrons. The lowest BCUT2D eigenvalue weighted by atomic mass is 10.0. The standard InChI is InChI=1S/C13H22N2O2.2C7H8O3S/c1-17-8-7-15-10-13(16)12(14)9-11-5-3-2-4-6-11;2*1-6-2-4-7(5-3-6)11(8,9)10/h2-6,12-13,15-16H,7-10,14H2,1H3;2*2-5H,1H3,(H,8,9,10)/t12-,13+;;/m0../s1. The third-order valence-corrected chi connectivity index (χ3v) is 7.02. The molecule has 0 fully saturated rings. The van der Waals surface area contributed by atoms with Crippen LogP contribution in [0.2, 0.25) is 0 Å². The Balaban J connectivity index is 0.000000304. The molecule has 0 spiro atoms. The van der Waals surface area contributed by atoms with Gasteiger partial charge in [-0.3, -0.25) is 9.11 Å². The molecule has 2 atom stereocenters. The van der Waals surface area contributed by atoms with Crippen molar-refractivity contribution in [1.29, 1.82) is 0 Å². The fourth-order valence-corrected chi connectivity index (χ4v) is 3.98. The lowest BCUT2D eigenvalue weighted by Crippen LogP contribution is -2.43. The first-order valence-corrected chi connectivity index (χ1v) is 14.9. The first-order chi connectivity index (χ1) is 18.2. The maximum absolute atomic E-state index is 10.5. The van der Waals surface area contributed by atoms with E-state index in [1.54, 1.807) is 31.4 Å². The van der Waals surface area contributed by atoms with E-state index in [0.717, 1.165) is 23.2 Å². The van der Waals surface area contributed by atoms with Crippen LogP contribution in [0.1, 0.15) is 16.7 Å². The smallest absolute Gasteiger partial charge is 0.294 e. The van der Waals surface area contributed by atoms with Gasteiger partial charge in [0.25, 0.3) is 20.2 Å². The molecular formula is C27H38N2O8S2. The third kappa shape index (κ3) is 14.9. The number of hydrogen-bond donors (Lipinski definition) is 5. The zero-order valence-corrected chi connectivity index (χ0v) is 23.9. The molecule has 0 unspecified atom stereocenters. The Kier molecular flexibility index (Phi) is 15.1. The summed E-state index contributed by atoms with van der Waals surface area (Å²) in [6.45, 7) is 5.55. The number of nitrogens with two attached hydrogens (primary N) is 1. The Labute approximate surface area is 231 Å². The normalized spacial score (nSPS) is 12.8. The summed E-state index contributed by atoms with van der Waals surface area (Å²) >= 11 is 0. The number of methoxy groups -OCH3 is 1. The number of ether oxygens (including phenoxy) is 1. The van der Waals surface area contributed by atoms with Gasteiger partial charge in [0.15, 0.2) is 0 Å². The topological polar surface area (TPSA) is 176 Å². The van der Waals surface area contributed by atoms with E-state index in [1.165, 1.54) is 24.3 Å². The van der Waals surface area contributed by atoms with E-state index in [0.29, 0.717) is 19.6 Å². The highest BCUT2D eigenvalue weighted by Gasteiger charge is 2.14. The lowest BCUT2D eigenvalue weighted by Gasteiger charge is -2.19. The van der Waals surface area contributed by atoms with Crippen LogP contribution in [0.3, 0.4) is 0 Å². The van der Waals surface area contributed by atoms with Gasteiger partial charge in [-0.05, 0) is 50.1 Å². The number of aliphatic hydroxyl groups is 1. The molecule has 0 saturated heterocycles. The molecule has 0 saturated carbocycles. The molecule has 3 rings (SSSR count). The molecular weight excluding hydrogens is 544 g/mol. The second-order valence-electron chi connectivity index (χ2n) is 8.69. The molecule has 6 N–H and O–H groups in total. The number of aliphatic hydroxyl groups excluding tert-OH is 1. The molecule has 0 aliphatic heterocycles. The van der Waals surface area contributed by atoms with E-state index in [-0.39, 0.29) is 15.8 Å². The van der Waals surface area contributed by atoms with Gasteiger partial charge in [0.2, 0.25) is 0 Å². The first-order valence-electron chi connectivity index (χ1n) is 12.0. The van der Waals surface area contributed by atoms with Crippen molar-refractivity contribution < 1.29 is 35.8 Å². The van der Waals surface area contributed by atoms with Gasteiger partial charge in [-0.15, -0.1) is 0 Å². The molecule has 0 aliphatic carbocycles. The summed E-state index contributed by atoms with van der Waals surface area (Å²) in [7, 11) is -6.39. The van der Waals surface area contributed by atoms with Gasteiger partial charge in [0.05, 0.1) is 22.5 Å². The SMILES string of the molecule is COCCNC[C@@H](O)[C@@H](N)Cc1ccccc1.Cc1ccc(S(=O)(=O)O)cc1.Cc1ccc(S(=O)(=O)O)cc1. The van der Waals surface area contributed by atoms with Gasteiger partial charge in [0.1, 0.15) is 0 Å². The molecule has 39 heavy (non-hydrogen) atoms. The summed E-state index contributed by atoms with van der Waals surface area (Å²) in [6, 6.07) is 21.7. The van der Waals surface area contributed by atoms with Gasteiger partial charge >= 0.3 is 0 Å². The molecule has 0 heterocycles. The van der Waals surface area contributed by atoms with Gasteiger partial charge in [-0.1, -0.05) is 65.7 Å².